The average molecular weight is 294 g/mol. The van der Waals surface area contributed by atoms with E-state index in [1.54, 1.807) is 4.72 Å². The van der Waals surface area contributed by atoms with E-state index in [0.717, 1.165) is 7.11 Å². The van der Waals surface area contributed by atoms with Gasteiger partial charge in [-0.3, -0.25) is 4.79 Å². The quantitative estimate of drug-likeness (QED) is 0.659. The number of carbonyl (C=O) groups is 2. The molecule has 0 atom stereocenters. The maximum atomic E-state index is 11.4. The van der Waals surface area contributed by atoms with E-state index >= 15 is 0 Å². The van der Waals surface area contributed by atoms with E-state index in [4.69, 9.17) is 5.11 Å². The highest BCUT2D eigenvalue weighted by molar-refractivity contribution is 7.88. The highest BCUT2D eigenvalue weighted by Gasteiger charge is 2.26. The molecule has 9 heteroatoms. The van der Waals surface area contributed by atoms with Crippen molar-refractivity contribution in [1.82, 2.24) is 9.44 Å². The molecule has 0 bridgehead atoms. The van der Waals surface area contributed by atoms with Gasteiger partial charge >= 0.3 is 22.3 Å². The van der Waals surface area contributed by atoms with E-state index in [1.807, 2.05) is 0 Å². The molecule has 0 saturated heterocycles. The van der Waals surface area contributed by atoms with Crippen LogP contribution in [0, 0.1) is 11.8 Å². The maximum absolute atomic E-state index is 11.4. The van der Waals surface area contributed by atoms with Gasteiger partial charge in [0.05, 0.1) is 13.0 Å². The Morgan fingerprint density at radius 3 is 2.32 bits per heavy atom. The molecule has 0 aromatic heterocycles. The number of hydrogen-bond donors (Lipinski definition) is 3. The van der Waals surface area contributed by atoms with Crippen molar-refractivity contribution in [3.05, 3.63) is 0 Å². The summed E-state index contributed by atoms with van der Waals surface area (Å²) < 4.78 is 30.9. The van der Waals surface area contributed by atoms with Gasteiger partial charge in [-0.05, 0) is 31.6 Å². The largest absolute Gasteiger partial charge is 0.481 e. The van der Waals surface area contributed by atoms with E-state index in [2.05, 4.69) is 9.46 Å². The Labute approximate surface area is 111 Å². The SMILES string of the molecule is COC(=O)NS(=O)(=O)NCC1CCC(C(=O)O)CC1. The average Bonchev–Trinajstić information content (AvgIpc) is 2.36. The van der Waals surface area contributed by atoms with Crippen molar-refractivity contribution in [1.29, 1.82) is 0 Å². The van der Waals surface area contributed by atoms with Crippen LogP contribution in [0.5, 0.6) is 0 Å². The van der Waals surface area contributed by atoms with Crippen molar-refractivity contribution in [3.63, 3.8) is 0 Å². The predicted octanol–water partition coefficient (Wildman–Crippen LogP) is 0.0678. The molecular formula is C10H18N2O6S. The van der Waals surface area contributed by atoms with Gasteiger partial charge < -0.3 is 9.84 Å². The van der Waals surface area contributed by atoms with Crippen molar-refractivity contribution in [2.75, 3.05) is 13.7 Å². The third-order valence-electron chi connectivity index (χ3n) is 3.16. The van der Waals surface area contributed by atoms with Crippen LogP contribution < -0.4 is 9.44 Å². The number of carboxylic acid groups (broad SMARTS) is 1. The predicted molar refractivity (Wildman–Crippen MR) is 65.5 cm³/mol. The molecule has 0 radical (unpaired) electrons. The topological polar surface area (TPSA) is 122 Å². The van der Waals surface area contributed by atoms with Gasteiger partial charge in [-0.1, -0.05) is 0 Å². The summed E-state index contributed by atoms with van der Waals surface area (Å²) in [5.41, 5.74) is 0. The molecule has 0 aliphatic heterocycles. The van der Waals surface area contributed by atoms with Crippen molar-refractivity contribution < 1.29 is 27.9 Å². The van der Waals surface area contributed by atoms with Crippen molar-refractivity contribution in [2.45, 2.75) is 25.7 Å². The third-order valence-corrected chi connectivity index (χ3v) is 4.14. The molecule has 8 nitrogen and oxygen atoms in total. The molecule has 0 spiro atoms. The molecule has 110 valence electrons. The second-order valence-electron chi connectivity index (χ2n) is 4.50. The fraction of sp³-hybridized carbons (Fsp3) is 0.800. The summed E-state index contributed by atoms with van der Waals surface area (Å²) in [6, 6.07) is 0. The normalized spacial score (nSPS) is 23.6. The minimum atomic E-state index is -3.91. The van der Waals surface area contributed by atoms with Crippen LogP contribution in [-0.2, 0) is 19.7 Å². The Morgan fingerprint density at radius 2 is 1.84 bits per heavy atom. The molecule has 1 saturated carbocycles. The lowest BCUT2D eigenvalue weighted by molar-refractivity contribution is -0.143. The first-order valence-electron chi connectivity index (χ1n) is 5.92. The first-order valence-corrected chi connectivity index (χ1v) is 7.40. The Bertz CT molecular complexity index is 427. The smallest absolute Gasteiger partial charge is 0.421 e. The van der Waals surface area contributed by atoms with Gasteiger partial charge in [0, 0.05) is 6.54 Å². The summed E-state index contributed by atoms with van der Waals surface area (Å²) in [5, 5.41) is 8.84. The van der Waals surface area contributed by atoms with Crippen molar-refractivity contribution in [3.8, 4) is 0 Å². The highest BCUT2D eigenvalue weighted by atomic mass is 32.2. The van der Waals surface area contributed by atoms with Crippen LogP contribution in [0.15, 0.2) is 0 Å². The molecule has 1 rings (SSSR count). The lowest BCUT2D eigenvalue weighted by Crippen LogP contribution is -2.42. The molecule has 0 heterocycles. The highest BCUT2D eigenvalue weighted by Crippen LogP contribution is 2.28. The summed E-state index contributed by atoms with van der Waals surface area (Å²) in [6.45, 7) is 0.179. The molecule has 0 unspecified atom stereocenters. The van der Waals surface area contributed by atoms with Gasteiger partial charge in [0.1, 0.15) is 0 Å². The first-order chi connectivity index (χ1) is 8.84. The summed E-state index contributed by atoms with van der Waals surface area (Å²) in [6.07, 6.45) is 1.34. The zero-order valence-corrected chi connectivity index (χ0v) is 11.4. The monoisotopic (exact) mass is 294 g/mol. The Morgan fingerprint density at radius 1 is 1.26 bits per heavy atom. The zero-order chi connectivity index (χ0) is 14.5. The fourth-order valence-corrected chi connectivity index (χ4v) is 2.86. The molecule has 1 aliphatic rings. The number of carboxylic acids is 1. The van der Waals surface area contributed by atoms with Gasteiger partial charge in [0.15, 0.2) is 0 Å². The number of ether oxygens (including phenoxy) is 1. The van der Waals surface area contributed by atoms with Crippen LogP contribution in [0.2, 0.25) is 0 Å². The number of aliphatic carboxylic acids is 1. The van der Waals surface area contributed by atoms with Crippen LogP contribution in [-0.4, -0.2) is 39.2 Å². The van der Waals surface area contributed by atoms with Gasteiger partial charge in [-0.2, -0.15) is 13.1 Å². The number of nitrogens with one attached hydrogen (secondary N) is 2. The van der Waals surface area contributed by atoms with E-state index < -0.39 is 22.3 Å². The lowest BCUT2D eigenvalue weighted by Gasteiger charge is -2.25. The maximum Gasteiger partial charge on any atom is 0.421 e. The number of rotatable bonds is 5. The summed E-state index contributed by atoms with van der Waals surface area (Å²) >= 11 is 0. The molecular weight excluding hydrogens is 276 g/mol. The van der Waals surface area contributed by atoms with Crippen LogP contribution in [0.25, 0.3) is 0 Å². The van der Waals surface area contributed by atoms with Gasteiger partial charge in [-0.15, -0.1) is 0 Å². The Kier molecular flexibility index (Phi) is 5.55. The molecule has 1 fully saturated rings. The number of hydrogen-bond acceptors (Lipinski definition) is 5. The van der Waals surface area contributed by atoms with Gasteiger partial charge in [-0.25, -0.2) is 9.52 Å². The lowest BCUT2D eigenvalue weighted by atomic mass is 9.82. The van der Waals surface area contributed by atoms with Crippen LogP contribution in [0.4, 0.5) is 4.79 Å². The summed E-state index contributed by atoms with van der Waals surface area (Å²) in [4.78, 5) is 21.5. The minimum absolute atomic E-state index is 0.0878. The van der Waals surface area contributed by atoms with Crippen LogP contribution in [0.3, 0.4) is 0 Å². The van der Waals surface area contributed by atoms with Gasteiger partial charge in [0.25, 0.3) is 0 Å². The molecule has 3 N–H and O–H groups in total. The molecule has 1 amide bonds. The first kappa shape index (κ1) is 15.7. The summed E-state index contributed by atoms with van der Waals surface area (Å²) in [7, 11) is -2.85. The van der Waals surface area contributed by atoms with E-state index in [1.165, 1.54) is 0 Å². The van der Waals surface area contributed by atoms with Crippen molar-refractivity contribution >= 4 is 22.3 Å². The second-order valence-corrected chi connectivity index (χ2v) is 6.00. The molecule has 0 aromatic rings. The standard InChI is InChI=1S/C10H18N2O6S/c1-18-10(15)12-19(16,17)11-6-7-2-4-8(5-3-7)9(13)14/h7-8,11H,2-6H2,1H3,(H,12,15)(H,13,14). The minimum Gasteiger partial charge on any atom is -0.481 e. The Hall–Kier alpha value is -1.35. The summed E-state index contributed by atoms with van der Waals surface area (Å²) in [5.74, 6) is -1.04. The van der Waals surface area contributed by atoms with Crippen LogP contribution in [0.1, 0.15) is 25.7 Å². The molecule has 0 aromatic carbocycles. The number of methoxy groups -OCH3 is 1. The Balaban J connectivity index is 2.34. The van der Waals surface area contributed by atoms with E-state index in [-0.39, 0.29) is 18.4 Å². The molecule has 19 heavy (non-hydrogen) atoms. The second kappa shape index (κ2) is 6.71. The third kappa shape index (κ3) is 5.43. The zero-order valence-electron chi connectivity index (χ0n) is 10.6. The molecule has 1 aliphatic carbocycles. The van der Waals surface area contributed by atoms with Crippen LogP contribution >= 0.6 is 0 Å². The van der Waals surface area contributed by atoms with Gasteiger partial charge in [0.2, 0.25) is 0 Å². The number of amides is 1. The van der Waals surface area contributed by atoms with E-state index in [0.29, 0.717) is 25.7 Å². The van der Waals surface area contributed by atoms with E-state index in [9.17, 15) is 18.0 Å². The number of carbonyl (C=O) groups excluding carboxylic acids is 1. The fourth-order valence-electron chi connectivity index (χ4n) is 2.03. The van der Waals surface area contributed by atoms with Crippen molar-refractivity contribution in [2.24, 2.45) is 11.8 Å².